The van der Waals surface area contributed by atoms with Gasteiger partial charge in [0.15, 0.2) is 0 Å². The smallest absolute Gasteiger partial charge is 0.317 e. The summed E-state index contributed by atoms with van der Waals surface area (Å²) >= 11 is 5.84. The van der Waals surface area contributed by atoms with E-state index in [1.54, 1.807) is 12.1 Å². The van der Waals surface area contributed by atoms with Crippen molar-refractivity contribution >= 4 is 17.6 Å². The van der Waals surface area contributed by atoms with Crippen LogP contribution < -0.4 is 4.74 Å². The largest absolute Gasteiger partial charge is 0.492 e. The van der Waals surface area contributed by atoms with Gasteiger partial charge in [-0.15, -0.1) is 0 Å². The van der Waals surface area contributed by atoms with E-state index in [1.165, 1.54) is 0 Å². The number of aliphatic carboxylic acids is 1. The molecule has 1 aromatic carbocycles. The Labute approximate surface area is 112 Å². The molecule has 0 aliphatic carbocycles. The molecule has 0 aliphatic rings. The summed E-state index contributed by atoms with van der Waals surface area (Å²) in [6.07, 6.45) is 0.921. The van der Waals surface area contributed by atoms with Crippen LogP contribution in [0.2, 0.25) is 5.02 Å². The van der Waals surface area contributed by atoms with Crippen LogP contribution in [-0.4, -0.2) is 42.2 Å². The van der Waals surface area contributed by atoms with Crippen molar-refractivity contribution in [3.63, 3.8) is 0 Å². The average Bonchev–Trinajstić information content (AvgIpc) is 2.28. The number of benzene rings is 1. The molecular weight excluding hydrogens is 254 g/mol. The van der Waals surface area contributed by atoms with Gasteiger partial charge < -0.3 is 9.84 Å². The topological polar surface area (TPSA) is 49.8 Å². The van der Waals surface area contributed by atoms with Gasteiger partial charge in [0.25, 0.3) is 0 Å². The van der Waals surface area contributed by atoms with Crippen molar-refractivity contribution in [1.82, 2.24) is 4.90 Å². The van der Waals surface area contributed by atoms with Gasteiger partial charge in [-0.2, -0.15) is 0 Å². The van der Waals surface area contributed by atoms with Crippen molar-refractivity contribution < 1.29 is 14.6 Å². The zero-order valence-electron chi connectivity index (χ0n) is 10.4. The van der Waals surface area contributed by atoms with Gasteiger partial charge >= 0.3 is 5.97 Å². The Morgan fingerprint density at radius 1 is 1.44 bits per heavy atom. The summed E-state index contributed by atoms with van der Waals surface area (Å²) in [5.41, 5.74) is 0. The molecule has 0 spiro atoms. The summed E-state index contributed by atoms with van der Waals surface area (Å²) in [5, 5.41) is 9.39. The SMILES string of the molecule is CCCN(CCOc1cccc(Cl)c1)CC(=O)O. The number of rotatable bonds is 8. The number of carbonyl (C=O) groups is 1. The Morgan fingerprint density at radius 3 is 2.83 bits per heavy atom. The molecular formula is C13H18ClNO3. The number of nitrogens with zero attached hydrogens (tertiary/aromatic N) is 1. The van der Waals surface area contributed by atoms with Crippen molar-refractivity contribution in [2.75, 3.05) is 26.2 Å². The van der Waals surface area contributed by atoms with Crippen LogP contribution in [-0.2, 0) is 4.79 Å². The molecule has 1 rings (SSSR count). The van der Waals surface area contributed by atoms with Crippen LogP contribution in [0.15, 0.2) is 24.3 Å². The second-order valence-electron chi connectivity index (χ2n) is 3.98. The van der Waals surface area contributed by atoms with Gasteiger partial charge in [0, 0.05) is 11.6 Å². The highest BCUT2D eigenvalue weighted by Crippen LogP contribution is 2.16. The summed E-state index contributed by atoms with van der Waals surface area (Å²) in [6.45, 7) is 3.87. The maximum Gasteiger partial charge on any atom is 0.317 e. The lowest BCUT2D eigenvalue weighted by Gasteiger charge is -2.19. The quantitative estimate of drug-likeness (QED) is 0.789. The highest BCUT2D eigenvalue weighted by Gasteiger charge is 2.08. The van der Waals surface area contributed by atoms with E-state index in [9.17, 15) is 4.79 Å². The second kappa shape index (κ2) is 7.95. The molecule has 0 aromatic heterocycles. The summed E-state index contributed by atoms with van der Waals surface area (Å²) < 4.78 is 5.53. The minimum absolute atomic E-state index is 0.0484. The van der Waals surface area contributed by atoms with Crippen molar-refractivity contribution in [3.8, 4) is 5.75 Å². The standard InChI is InChI=1S/C13H18ClNO3/c1-2-6-15(10-13(16)17)7-8-18-12-5-3-4-11(14)9-12/h3-5,9H,2,6-8,10H2,1H3,(H,16,17). The molecule has 1 N–H and O–H groups in total. The first-order valence-corrected chi connectivity index (χ1v) is 6.32. The Kier molecular flexibility index (Phi) is 6.54. The third-order valence-corrected chi connectivity index (χ3v) is 2.61. The van der Waals surface area contributed by atoms with Gasteiger partial charge in [0.2, 0.25) is 0 Å². The molecule has 0 fully saturated rings. The number of ether oxygens (including phenoxy) is 1. The fourth-order valence-corrected chi connectivity index (χ4v) is 1.81. The third kappa shape index (κ3) is 5.89. The molecule has 18 heavy (non-hydrogen) atoms. The Bertz CT molecular complexity index is 384. The lowest BCUT2D eigenvalue weighted by atomic mass is 10.3. The van der Waals surface area contributed by atoms with Crippen molar-refractivity contribution in [3.05, 3.63) is 29.3 Å². The van der Waals surface area contributed by atoms with Crippen LogP contribution in [0.4, 0.5) is 0 Å². The van der Waals surface area contributed by atoms with Gasteiger partial charge in [-0.05, 0) is 31.2 Å². The first kappa shape index (κ1) is 14.8. The number of carboxylic acid groups (broad SMARTS) is 1. The molecule has 0 atom stereocenters. The Balaban J connectivity index is 2.36. The van der Waals surface area contributed by atoms with Gasteiger partial charge in [-0.3, -0.25) is 9.69 Å². The number of carboxylic acids is 1. The minimum atomic E-state index is -0.814. The van der Waals surface area contributed by atoms with E-state index < -0.39 is 5.97 Å². The van der Waals surface area contributed by atoms with E-state index in [1.807, 2.05) is 24.0 Å². The highest BCUT2D eigenvalue weighted by atomic mass is 35.5. The number of hydrogen-bond acceptors (Lipinski definition) is 3. The zero-order valence-corrected chi connectivity index (χ0v) is 11.2. The zero-order chi connectivity index (χ0) is 13.4. The van der Waals surface area contributed by atoms with Crippen LogP contribution in [0.5, 0.6) is 5.75 Å². The van der Waals surface area contributed by atoms with Crippen molar-refractivity contribution in [2.45, 2.75) is 13.3 Å². The van der Waals surface area contributed by atoms with Crippen LogP contribution in [0.25, 0.3) is 0 Å². The molecule has 0 unspecified atom stereocenters. The van der Waals surface area contributed by atoms with Crippen LogP contribution >= 0.6 is 11.6 Å². The molecule has 1 aromatic rings. The molecule has 0 amide bonds. The highest BCUT2D eigenvalue weighted by molar-refractivity contribution is 6.30. The fourth-order valence-electron chi connectivity index (χ4n) is 1.63. The molecule has 5 heteroatoms. The second-order valence-corrected chi connectivity index (χ2v) is 4.41. The van der Waals surface area contributed by atoms with Gasteiger partial charge in [-0.25, -0.2) is 0 Å². The average molecular weight is 272 g/mol. The van der Waals surface area contributed by atoms with Gasteiger partial charge in [0.05, 0.1) is 6.54 Å². The molecule has 0 radical (unpaired) electrons. The van der Waals surface area contributed by atoms with Gasteiger partial charge in [-0.1, -0.05) is 24.6 Å². The monoisotopic (exact) mass is 271 g/mol. The maximum absolute atomic E-state index is 10.7. The maximum atomic E-state index is 10.7. The van der Waals surface area contributed by atoms with Gasteiger partial charge in [0.1, 0.15) is 12.4 Å². The summed E-state index contributed by atoms with van der Waals surface area (Å²) in [7, 11) is 0. The first-order valence-electron chi connectivity index (χ1n) is 5.94. The molecule has 0 saturated carbocycles. The van der Waals surface area contributed by atoms with Crippen LogP contribution in [0.3, 0.4) is 0 Å². The summed E-state index contributed by atoms with van der Waals surface area (Å²) in [6, 6.07) is 7.16. The lowest BCUT2D eigenvalue weighted by Crippen LogP contribution is -2.34. The molecule has 0 aliphatic heterocycles. The van der Waals surface area contributed by atoms with E-state index in [0.29, 0.717) is 23.9 Å². The van der Waals surface area contributed by atoms with Crippen LogP contribution in [0.1, 0.15) is 13.3 Å². The van der Waals surface area contributed by atoms with E-state index >= 15 is 0 Å². The Morgan fingerprint density at radius 2 is 2.22 bits per heavy atom. The molecule has 0 heterocycles. The molecule has 0 saturated heterocycles. The number of halogens is 1. The predicted octanol–water partition coefficient (Wildman–Crippen LogP) is 2.52. The minimum Gasteiger partial charge on any atom is -0.492 e. The van der Waals surface area contributed by atoms with Crippen molar-refractivity contribution in [1.29, 1.82) is 0 Å². The van der Waals surface area contributed by atoms with E-state index in [0.717, 1.165) is 13.0 Å². The normalized spacial score (nSPS) is 10.6. The summed E-state index contributed by atoms with van der Waals surface area (Å²) in [5.74, 6) is -0.111. The summed E-state index contributed by atoms with van der Waals surface area (Å²) in [4.78, 5) is 12.5. The van der Waals surface area contributed by atoms with E-state index in [-0.39, 0.29) is 6.54 Å². The van der Waals surface area contributed by atoms with Crippen LogP contribution in [0, 0.1) is 0 Å². The third-order valence-electron chi connectivity index (χ3n) is 2.37. The Hall–Kier alpha value is -1.26. The van der Waals surface area contributed by atoms with Crippen molar-refractivity contribution in [2.24, 2.45) is 0 Å². The predicted molar refractivity (Wildman–Crippen MR) is 71.3 cm³/mol. The van der Waals surface area contributed by atoms with E-state index in [2.05, 4.69) is 0 Å². The fraction of sp³-hybridized carbons (Fsp3) is 0.462. The number of hydrogen-bond donors (Lipinski definition) is 1. The lowest BCUT2D eigenvalue weighted by molar-refractivity contribution is -0.138. The van der Waals surface area contributed by atoms with E-state index in [4.69, 9.17) is 21.4 Å². The molecule has 4 nitrogen and oxygen atoms in total. The molecule has 0 bridgehead atoms. The molecule has 100 valence electrons. The first-order chi connectivity index (χ1) is 8.61.